The average molecular weight is 521 g/mol. The molecule has 4 aromatic rings. The quantitative estimate of drug-likeness (QED) is 0.308. The van der Waals surface area contributed by atoms with Crippen LogP contribution in [0.4, 0.5) is 20.4 Å². The zero-order chi connectivity index (χ0) is 26.6. The Bertz CT molecular complexity index is 1470. The highest BCUT2D eigenvalue weighted by atomic mass is 19.1. The number of halogens is 2. The maximum absolute atomic E-state index is 15.1. The van der Waals surface area contributed by atoms with Crippen LogP contribution in [0.1, 0.15) is 56.1 Å². The van der Waals surface area contributed by atoms with Crippen LogP contribution >= 0.6 is 0 Å². The first-order valence-electron chi connectivity index (χ1n) is 12.9. The van der Waals surface area contributed by atoms with Crippen molar-refractivity contribution in [2.24, 2.45) is 11.7 Å². The second kappa shape index (κ2) is 9.37. The van der Waals surface area contributed by atoms with Crippen molar-refractivity contribution >= 4 is 17.2 Å². The van der Waals surface area contributed by atoms with Crippen LogP contribution in [0.5, 0.6) is 0 Å². The van der Waals surface area contributed by atoms with E-state index in [0.29, 0.717) is 30.7 Å². The van der Waals surface area contributed by atoms with Crippen LogP contribution in [-0.4, -0.2) is 41.9 Å². The highest BCUT2D eigenvalue weighted by Gasteiger charge is 2.37. The maximum Gasteiger partial charge on any atom is 0.229 e. The number of nitrogens with one attached hydrogen (secondary N) is 1. The third-order valence-electron chi connectivity index (χ3n) is 8.18. The fraction of sp³-hybridized carbons (Fsp3) is 0.393. The fourth-order valence-electron chi connectivity index (χ4n) is 5.80. The number of aliphatic hydroxyl groups is 2. The first-order valence-corrected chi connectivity index (χ1v) is 12.9. The summed E-state index contributed by atoms with van der Waals surface area (Å²) in [6, 6.07) is 7.26. The molecule has 0 saturated heterocycles. The van der Waals surface area contributed by atoms with E-state index in [1.165, 1.54) is 16.6 Å². The average Bonchev–Trinajstić information content (AvgIpc) is 3.27. The number of anilines is 2. The molecule has 3 heterocycles. The minimum Gasteiger partial charge on any atom is -0.391 e. The molecule has 6 rings (SSSR count). The molecule has 3 aromatic heterocycles. The van der Waals surface area contributed by atoms with Crippen molar-refractivity contribution in [3.05, 3.63) is 71.7 Å². The zero-order valence-electron chi connectivity index (χ0n) is 21.0. The van der Waals surface area contributed by atoms with E-state index in [2.05, 4.69) is 20.4 Å². The Hall–Kier alpha value is -3.47. The van der Waals surface area contributed by atoms with Gasteiger partial charge in [-0.3, -0.25) is 4.98 Å². The Balaban J connectivity index is 1.34. The van der Waals surface area contributed by atoms with Crippen LogP contribution in [0, 0.1) is 17.6 Å². The highest BCUT2D eigenvalue weighted by Crippen LogP contribution is 2.43. The zero-order valence-corrected chi connectivity index (χ0v) is 21.0. The third kappa shape index (κ3) is 4.22. The number of benzene rings is 1. The van der Waals surface area contributed by atoms with Gasteiger partial charge in [-0.15, -0.1) is 0 Å². The summed E-state index contributed by atoms with van der Waals surface area (Å²) in [4.78, 5) is 8.70. The van der Waals surface area contributed by atoms with Crippen LogP contribution in [-0.2, 0) is 5.60 Å². The lowest BCUT2D eigenvalue weighted by atomic mass is 9.74. The van der Waals surface area contributed by atoms with Crippen molar-refractivity contribution in [1.29, 1.82) is 0 Å². The Morgan fingerprint density at radius 1 is 1.11 bits per heavy atom. The lowest BCUT2D eigenvalue weighted by molar-refractivity contribution is -0.0392. The molecule has 0 unspecified atom stereocenters. The lowest BCUT2D eigenvalue weighted by Gasteiger charge is -2.37. The summed E-state index contributed by atoms with van der Waals surface area (Å²) in [7, 11) is 0. The summed E-state index contributed by atoms with van der Waals surface area (Å²) in [6.07, 6.45) is 7.72. The van der Waals surface area contributed by atoms with Crippen molar-refractivity contribution in [2.75, 3.05) is 5.32 Å². The first-order chi connectivity index (χ1) is 18.2. The number of fused-ring (bicyclic) bond motifs is 1. The van der Waals surface area contributed by atoms with Crippen LogP contribution < -0.4 is 11.1 Å². The Kier molecular flexibility index (Phi) is 6.13. The third-order valence-corrected chi connectivity index (χ3v) is 8.18. The maximum atomic E-state index is 15.1. The van der Waals surface area contributed by atoms with E-state index in [1.807, 2.05) is 13.0 Å². The van der Waals surface area contributed by atoms with E-state index in [-0.39, 0.29) is 34.7 Å². The second-order valence-electron chi connectivity index (χ2n) is 10.7. The highest BCUT2D eigenvalue weighted by molar-refractivity contribution is 5.66. The molecule has 2 aliphatic rings. The molecule has 0 radical (unpaired) electrons. The number of hydrogen-bond acceptors (Lipinski definition) is 7. The largest absolute Gasteiger partial charge is 0.391 e. The van der Waals surface area contributed by atoms with Crippen LogP contribution in [0.25, 0.3) is 16.8 Å². The van der Waals surface area contributed by atoms with E-state index < -0.39 is 23.3 Å². The summed E-state index contributed by atoms with van der Waals surface area (Å²) < 4.78 is 31.8. The standard InChI is InChI=1S/C28H30F2N6O2/c1-15-9-16(10-22(31)26(15)37)19-5-8-32-14-24(19)34-27-33-13-18-3-4-23(35-36(18)27)25-20(29)11-17(12-21(25)30)28(38)6-2-7-28/h3-5,8,11-16,22,26,37-38H,2,6-7,9-10,31H2,1H3,(H,33,34)/t15-,16+,22+,26+/m0/s1. The number of aliphatic hydroxyl groups excluding tert-OH is 1. The molecular weight excluding hydrogens is 490 g/mol. The van der Waals surface area contributed by atoms with Crippen molar-refractivity contribution in [2.45, 2.75) is 62.7 Å². The van der Waals surface area contributed by atoms with E-state index in [9.17, 15) is 10.2 Å². The molecule has 0 amide bonds. The number of nitrogens with zero attached hydrogens (tertiary/aromatic N) is 4. The van der Waals surface area contributed by atoms with Gasteiger partial charge in [-0.2, -0.15) is 9.61 Å². The number of nitrogens with two attached hydrogens (primary N) is 1. The molecule has 0 bridgehead atoms. The summed E-state index contributed by atoms with van der Waals surface area (Å²) in [5.41, 5.74) is 7.51. The fourth-order valence-corrected chi connectivity index (χ4v) is 5.80. The van der Waals surface area contributed by atoms with Crippen LogP contribution in [0.3, 0.4) is 0 Å². The lowest BCUT2D eigenvalue weighted by Crippen LogP contribution is -2.44. The van der Waals surface area contributed by atoms with Gasteiger partial charge in [0.1, 0.15) is 11.6 Å². The summed E-state index contributed by atoms with van der Waals surface area (Å²) in [5.74, 6) is -1.01. The van der Waals surface area contributed by atoms with Gasteiger partial charge in [-0.1, -0.05) is 6.92 Å². The van der Waals surface area contributed by atoms with Crippen molar-refractivity contribution in [1.82, 2.24) is 19.6 Å². The minimum atomic E-state index is -1.17. The van der Waals surface area contributed by atoms with Gasteiger partial charge in [-0.05, 0) is 85.4 Å². The molecule has 0 aliphatic heterocycles. The molecule has 2 fully saturated rings. The monoisotopic (exact) mass is 520 g/mol. The summed E-state index contributed by atoms with van der Waals surface area (Å²) in [6.45, 7) is 2.00. The molecule has 8 nitrogen and oxygen atoms in total. The number of aromatic nitrogens is 4. The SMILES string of the molecule is C[C@H]1C[C@@H](c2ccncc2Nc2ncc3ccc(-c4c(F)cc(C5(O)CCC5)cc4F)nn23)C[C@@H](N)[C@@H]1O. The van der Waals surface area contributed by atoms with E-state index in [4.69, 9.17) is 5.73 Å². The minimum absolute atomic E-state index is 0.0578. The van der Waals surface area contributed by atoms with Gasteiger partial charge in [0.2, 0.25) is 5.95 Å². The van der Waals surface area contributed by atoms with E-state index in [1.54, 1.807) is 30.7 Å². The Morgan fingerprint density at radius 3 is 2.55 bits per heavy atom. The van der Waals surface area contributed by atoms with Crippen LogP contribution in [0.2, 0.25) is 0 Å². The first kappa shape index (κ1) is 24.8. The van der Waals surface area contributed by atoms with Gasteiger partial charge in [0, 0.05) is 12.2 Å². The molecule has 5 N–H and O–H groups in total. The molecule has 38 heavy (non-hydrogen) atoms. The smallest absolute Gasteiger partial charge is 0.229 e. The van der Waals surface area contributed by atoms with Gasteiger partial charge < -0.3 is 21.3 Å². The molecule has 2 saturated carbocycles. The Morgan fingerprint density at radius 2 is 1.87 bits per heavy atom. The normalized spacial score (nSPS) is 24.8. The molecule has 1 aromatic carbocycles. The molecule has 2 aliphatic carbocycles. The van der Waals surface area contributed by atoms with Gasteiger partial charge in [-0.25, -0.2) is 13.8 Å². The molecule has 10 heteroatoms. The molecular formula is C28H30F2N6O2. The van der Waals surface area contributed by atoms with Crippen molar-refractivity contribution in [3.8, 4) is 11.3 Å². The number of rotatable bonds is 5. The predicted molar refractivity (Wildman–Crippen MR) is 139 cm³/mol. The van der Waals surface area contributed by atoms with Crippen molar-refractivity contribution in [3.63, 3.8) is 0 Å². The molecule has 198 valence electrons. The number of imidazole rings is 1. The van der Waals surface area contributed by atoms with Crippen LogP contribution in [0.15, 0.2) is 48.9 Å². The second-order valence-corrected chi connectivity index (χ2v) is 10.7. The summed E-state index contributed by atoms with van der Waals surface area (Å²) >= 11 is 0. The number of pyridine rings is 1. The van der Waals surface area contributed by atoms with Gasteiger partial charge in [0.15, 0.2) is 0 Å². The molecule has 4 atom stereocenters. The Labute approximate surface area is 218 Å². The number of hydrogen-bond donors (Lipinski definition) is 4. The van der Waals surface area contributed by atoms with Crippen molar-refractivity contribution < 1.29 is 19.0 Å². The summed E-state index contributed by atoms with van der Waals surface area (Å²) in [5, 5.41) is 28.6. The van der Waals surface area contributed by atoms with Gasteiger partial charge in [0.05, 0.1) is 46.6 Å². The van der Waals surface area contributed by atoms with E-state index in [0.717, 1.165) is 24.1 Å². The topological polar surface area (TPSA) is 122 Å². The molecule has 0 spiro atoms. The predicted octanol–water partition coefficient (Wildman–Crippen LogP) is 4.39. The van der Waals surface area contributed by atoms with Gasteiger partial charge in [0.25, 0.3) is 0 Å². The van der Waals surface area contributed by atoms with E-state index >= 15 is 8.78 Å². The van der Waals surface area contributed by atoms with Gasteiger partial charge >= 0.3 is 0 Å².